The van der Waals surface area contributed by atoms with Crippen LogP contribution in [0.2, 0.25) is 0 Å². The molecule has 0 aliphatic rings. The van der Waals surface area contributed by atoms with Crippen molar-refractivity contribution < 1.29 is 15.0 Å². The van der Waals surface area contributed by atoms with Crippen LogP contribution in [-0.4, -0.2) is 32.7 Å². The molecule has 2 N–H and O–H groups in total. The van der Waals surface area contributed by atoms with E-state index in [9.17, 15) is 9.90 Å². The topological polar surface area (TPSA) is 73.7 Å². The van der Waals surface area contributed by atoms with E-state index in [1.807, 2.05) is 37.3 Å². The summed E-state index contributed by atoms with van der Waals surface area (Å²) in [4.78, 5) is 17.2. The molecule has 5 nitrogen and oxygen atoms in total. The van der Waals surface area contributed by atoms with Gasteiger partial charge in [0.1, 0.15) is 0 Å². The molecule has 2 aromatic rings. The van der Waals surface area contributed by atoms with Crippen molar-refractivity contribution in [2.75, 3.05) is 6.54 Å². The largest absolute Gasteiger partial charge is 0.465 e. The van der Waals surface area contributed by atoms with Crippen LogP contribution in [0.4, 0.5) is 4.79 Å². The van der Waals surface area contributed by atoms with Crippen LogP contribution < -0.4 is 0 Å². The first kappa shape index (κ1) is 16.0. The maximum absolute atomic E-state index is 11.5. The Morgan fingerprint density at radius 2 is 1.91 bits per heavy atom. The normalized spacial score (nSPS) is 11.9. The number of aromatic nitrogens is 1. The Hall–Kier alpha value is -2.40. The molecular formula is C17H20N2O3. The molecule has 5 heteroatoms. The van der Waals surface area contributed by atoms with Crippen molar-refractivity contribution >= 4 is 6.09 Å². The fraction of sp³-hybridized carbons (Fsp3) is 0.294. The number of carboxylic acid groups (broad SMARTS) is 1. The molecule has 0 unspecified atom stereocenters. The van der Waals surface area contributed by atoms with Crippen molar-refractivity contribution in [1.82, 2.24) is 9.88 Å². The number of carbonyl (C=O) groups is 1. The summed E-state index contributed by atoms with van der Waals surface area (Å²) in [6.45, 7) is 2.05. The van der Waals surface area contributed by atoms with Gasteiger partial charge in [0, 0.05) is 6.54 Å². The van der Waals surface area contributed by atoms with Crippen LogP contribution in [0.25, 0.3) is 0 Å². The molecule has 22 heavy (non-hydrogen) atoms. The van der Waals surface area contributed by atoms with Crippen molar-refractivity contribution in [1.29, 1.82) is 0 Å². The van der Waals surface area contributed by atoms with Gasteiger partial charge in [-0.25, -0.2) is 4.79 Å². The van der Waals surface area contributed by atoms with Crippen molar-refractivity contribution in [2.45, 2.75) is 26.0 Å². The summed E-state index contributed by atoms with van der Waals surface area (Å²) in [5.74, 6) is 0. The van der Waals surface area contributed by atoms with Gasteiger partial charge >= 0.3 is 6.09 Å². The van der Waals surface area contributed by atoms with Crippen LogP contribution >= 0.6 is 0 Å². The van der Waals surface area contributed by atoms with E-state index in [0.29, 0.717) is 24.4 Å². The standard InChI is InChI=1S/C17H20N2O3/c1-13(16-9-5-8-15(12-20)18-16)19(17(21)22)11-10-14-6-3-2-4-7-14/h2-9,13,20H,10-12H2,1H3,(H,21,22)/t13-/m0/s1. The lowest BCUT2D eigenvalue weighted by Crippen LogP contribution is -2.34. The molecule has 1 heterocycles. The zero-order valence-electron chi connectivity index (χ0n) is 12.5. The first-order valence-electron chi connectivity index (χ1n) is 7.22. The highest BCUT2D eigenvalue weighted by atomic mass is 16.4. The molecule has 2 rings (SSSR count). The highest BCUT2D eigenvalue weighted by molar-refractivity contribution is 5.65. The van der Waals surface area contributed by atoms with Crippen LogP contribution in [0.15, 0.2) is 48.5 Å². The molecule has 0 aliphatic heterocycles. The van der Waals surface area contributed by atoms with Gasteiger partial charge in [-0.2, -0.15) is 0 Å². The minimum atomic E-state index is -0.973. The Labute approximate surface area is 129 Å². The summed E-state index contributed by atoms with van der Waals surface area (Å²) in [6.07, 6.45) is -0.323. The number of nitrogens with zero attached hydrogens (tertiary/aromatic N) is 2. The lowest BCUT2D eigenvalue weighted by molar-refractivity contribution is 0.127. The fourth-order valence-electron chi connectivity index (χ4n) is 2.33. The predicted molar refractivity (Wildman–Crippen MR) is 83.5 cm³/mol. The van der Waals surface area contributed by atoms with Gasteiger partial charge in [-0.05, 0) is 31.0 Å². The van der Waals surface area contributed by atoms with E-state index in [-0.39, 0.29) is 12.6 Å². The summed E-state index contributed by atoms with van der Waals surface area (Å²) in [5, 5.41) is 18.6. The third kappa shape index (κ3) is 4.05. The number of rotatable bonds is 6. The Morgan fingerprint density at radius 1 is 1.18 bits per heavy atom. The van der Waals surface area contributed by atoms with E-state index in [1.165, 1.54) is 4.90 Å². The number of pyridine rings is 1. The van der Waals surface area contributed by atoms with Gasteiger partial charge in [0.15, 0.2) is 0 Å². The van der Waals surface area contributed by atoms with Gasteiger partial charge in [-0.1, -0.05) is 36.4 Å². The van der Waals surface area contributed by atoms with Crippen LogP contribution in [0.1, 0.15) is 29.9 Å². The van der Waals surface area contributed by atoms with E-state index in [1.54, 1.807) is 18.2 Å². The van der Waals surface area contributed by atoms with E-state index < -0.39 is 6.09 Å². The van der Waals surface area contributed by atoms with Crippen LogP contribution in [-0.2, 0) is 13.0 Å². The van der Waals surface area contributed by atoms with E-state index >= 15 is 0 Å². The molecule has 0 bridgehead atoms. The van der Waals surface area contributed by atoms with Crippen molar-refractivity contribution in [3.8, 4) is 0 Å². The number of hydrogen-bond acceptors (Lipinski definition) is 3. The number of hydrogen-bond donors (Lipinski definition) is 2. The van der Waals surface area contributed by atoms with Gasteiger partial charge in [0.2, 0.25) is 0 Å². The maximum Gasteiger partial charge on any atom is 0.407 e. The molecule has 1 amide bonds. The maximum atomic E-state index is 11.5. The smallest absolute Gasteiger partial charge is 0.407 e. The minimum Gasteiger partial charge on any atom is -0.465 e. The molecule has 0 aliphatic carbocycles. The van der Waals surface area contributed by atoms with Gasteiger partial charge in [-0.3, -0.25) is 9.88 Å². The van der Waals surface area contributed by atoms with Gasteiger partial charge in [0.05, 0.1) is 24.0 Å². The summed E-state index contributed by atoms with van der Waals surface area (Å²) < 4.78 is 0. The summed E-state index contributed by atoms with van der Waals surface area (Å²) in [5.41, 5.74) is 2.28. The number of amides is 1. The second-order valence-electron chi connectivity index (χ2n) is 5.10. The van der Waals surface area contributed by atoms with Crippen molar-refractivity contribution in [2.24, 2.45) is 0 Å². The molecule has 0 fully saturated rings. The van der Waals surface area contributed by atoms with E-state index in [0.717, 1.165) is 5.56 Å². The first-order chi connectivity index (χ1) is 10.6. The average molecular weight is 300 g/mol. The van der Waals surface area contributed by atoms with Crippen LogP contribution in [0.5, 0.6) is 0 Å². The molecule has 0 spiro atoms. The molecule has 116 valence electrons. The highest BCUT2D eigenvalue weighted by Gasteiger charge is 2.21. The first-order valence-corrected chi connectivity index (χ1v) is 7.22. The lowest BCUT2D eigenvalue weighted by Gasteiger charge is -2.26. The van der Waals surface area contributed by atoms with Crippen LogP contribution in [0.3, 0.4) is 0 Å². The molecule has 0 saturated carbocycles. The summed E-state index contributed by atoms with van der Waals surface area (Å²) in [7, 11) is 0. The third-order valence-electron chi connectivity index (χ3n) is 3.62. The van der Waals surface area contributed by atoms with Crippen molar-refractivity contribution in [3.05, 3.63) is 65.5 Å². The molecule has 0 radical (unpaired) electrons. The Balaban J connectivity index is 2.11. The molecule has 1 atom stereocenters. The van der Waals surface area contributed by atoms with E-state index in [4.69, 9.17) is 5.11 Å². The second-order valence-corrected chi connectivity index (χ2v) is 5.10. The van der Waals surface area contributed by atoms with Crippen molar-refractivity contribution in [3.63, 3.8) is 0 Å². The minimum absolute atomic E-state index is 0.155. The Morgan fingerprint density at radius 3 is 2.55 bits per heavy atom. The number of aliphatic hydroxyl groups excluding tert-OH is 1. The predicted octanol–water partition coefficient (Wildman–Crippen LogP) is 2.86. The Bertz CT molecular complexity index is 616. The van der Waals surface area contributed by atoms with Gasteiger partial charge in [-0.15, -0.1) is 0 Å². The van der Waals surface area contributed by atoms with Gasteiger partial charge < -0.3 is 10.2 Å². The fourth-order valence-corrected chi connectivity index (χ4v) is 2.33. The quantitative estimate of drug-likeness (QED) is 0.860. The summed E-state index contributed by atoms with van der Waals surface area (Å²) in [6, 6.07) is 14.7. The SMILES string of the molecule is C[C@@H](c1cccc(CO)n1)N(CCc1ccccc1)C(=O)O. The average Bonchev–Trinajstić information content (AvgIpc) is 2.55. The third-order valence-corrected chi connectivity index (χ3v) is 3.62. The monoisotopic (exact) mass is 300 g/mol. The number of benzene rings is 1. The Kier molecular flexibility index (Phi) is 5.49. The van der Waals surface area contributed by atoms with Crippen LogP contribution in [0, 0.1) is 0 Å². The number of aliphatic hydroxyl groups is 1. The molecule has 1 aromatic heterocycles. The highest BCUT2D eigenvalue weighted by Crippen LogP contribution is 2.19. The van der Waals surface area contributed by atoms with Gasteiger partial charge in [0.25, 0.3) is 0 Å². The lowest BCUT2D eigenvalue weighted by atomic mass is 10.1. The van der Waals surface area contributed by atoms with E-state index in [2.05, 4.69) is 4.98 Å². The summed E-state index contributed by atoms with van der Waals surface area (Å²) >= 11 is 0. The molecular weight excluding hydrogens is 280 g/mol. The molecule has 0 saturated heterocycles. The zero-order chi connectivity index (χ0) is 15.9. The zero-order valence-corrected chi connectivity index (χ0v) is 12.5. The second kappa shape index (κ2) is 7.56. The molecule has 1 aromatic carbocycles.